The van der Waals surface area contributed by atoms with Crippen molar-refractivity contribution in [3.63, 3.8) is 0 Å². The summed E-state index contributed by atoms with van der Waals surface area (Å²) >= 11 is 0. The van der Waals surface area contributed by atoms with E-state index in [9.17, 15) is 9.90 Å². The number of aliphatic carboxylic acids is 1. The van der Waals surface area contributed by atoms with E-state index < -0.39 is 5.97 Å². The molecule has 2 atom stereocenters. The molecule has 0 radical (unpaired) electrons. The molecule has 0 spiro atoms. The number of benzene rings is 2. The molecule has 2 heterocycles. The number of hydrogen-bond acceptors (Lipinski definition) is 3. The highest BCUT2D eigenvalue weighted by molar-refractivity contribution is 5.72. The molecule has 2 aliphatic rings. The zero-order chi connectivity index (χ0) is 16.5. The molecule has 4 heteroatoms. The minimum atomic E-state index is -0.702. The van der Waals surface area contributed by atoms with Crippen molar-refractivity contribution in [3.05, 3.63) is 65.2 Å². The third kappa shape index (κ3) is 2.89. The minimum absolute atomic E-state index is 0.0390. The molecule has 0 aliphatic carbocycles. The molecule has 24 heavy (non-hydrogen) atoms. The second kappa shape index (κ2) is 6.29. The molecule has 4 nitrogen and oxygen atoms in total. The summed E-state index contributed by atoms with van der Waals surface area (Å²) in [7, 11) is 0. The number of hydrogen-bond donors (Lipinski definition) is 1. The van der Waals surface area contributed by atoms with Crippen molar-refractivity contribution in [2.24, 2.45) is 5.92 Å². The summed E-state index contributed by atoms with van der Waals surface area (Å²) < 4.78 is 5.56. The van der Waals surface area contributed by atoms with Gasteiger partial charge in [0.1, 0.15) is 5.75 Å². The van der Waals surface area contributed by atoms with Crippen LogP contribution in [0.1, 0.15) is 22.6 Å². The average molecular weight is 323 g/mol. The summed E-state index contributed by atoms with van der Waals surface area (Å²) in [5.74, 6) is -0.0664. The lowest BCUT2D eigenvalue weighted by Crippen LogP contribution is -2.23. The van der Waals surface area contributed by atoms with Crippen LogP contribution in [0.3, 0.4) is 0 Å². The first-order chi connectivity index (χ1) is 11.7. The van der Waals surface area contributed by atoms with Crippen LogP contribution < -0.4 is 4.74 Å². The second-order valence-electron chi connectivity index (χ2n) is 6.70. The van der Waals surface area contributed by atoms with E-state index in [-0.39, 0.29) is 11.8 Å². The van der Waals surface area contributed by atoms with E-state index in [1.165, 1.54) is 11.1 Å². The van der Waals surface area contributed by atoms with Gasteiger partial charge < -0.3 is 9.84 Å². The molecule has 0 saturated carbocycles. The van der Waals surface area contributed by atoms with Crippen LogP contribution >= 0.6 is 0 Å². The second-order valence-corrected chi connectivity index (χ2v) is 6.70. The predicted molar refractivity (Wildman–Crippen MR) is 91.2 cm³/mol. The van der Waals surface area contributed by atoms with Crippen LogP contribution in [0.15, 0.2) is 48.5 Å². The van der Waals surface area contributed by atoms with Crippen LogP contribution in [0.4, 0.5) is 0 Å². The lowest BCUT2D eigenvalue weighted by atomic mass is 9.88. The first-order valence-electron chi connectivity index (χ1n) is 8.45. The lowest BCUT2D eigenvalue weighted by Gasteiger charge is -2.17. The monoisotopic (exact) mass is 323 g/mol. The molecule has 2 aliphatic heterocycles. The van der Waals surface area contributed by atoms with Crippen LogP contribution in [-0.4, -0.2) is 35.7 Å². The molecule has 1 saturated heterocycles. The van der Waals surface area contributed by atoms with E-state index in [2.05, 4.69) is 23.1 Å². The van der Waals surface area contributed by atoms with Crippen LogP contribution in [0, 0.1) is 5.92 Å². The normalized spacial score (nSPS) is 23.0. The van der Waals surface area contributed by atoms with Crippen LogP contribution in [-0.2, 0) is 17.8 Å². The molecule has 1 N–H and O–H groups in total. The van der Waals surface area contributed by atoms with Crippen molar-refractivity contribution in [1.82, 2.24) is 4.90 Å². The highest BCUT2D eigenvalue weighted by atomic mass is 16.5. The maximum Gasteiger partial charge on any atom is 0.308 e. The topological polar surface area (TPSA) is 49.8 Å². The van der Waals surface area contributed by atoms with Crippen molar-refractivity contribution in [3.8, 4) is 5.75 Å². The van der Waals surface area contributed by atoms with Gasteiger partial charge >= 0.3 is 5.97 Å². The predicted octanol–water partition coefficient (Wildman–Crippen LogP) is 2.92. The van der Waals surface area contributed by atoms with Crippen LogP contribution in [0.25, 0.3) is 0 Å². The van der Waals surface area contributed by atoms with Gasteiger partial charge in [0.25, 0.3) is 0 Å². The third-order valence-corrected chi connectivity index (χ3v) is 5.10. The molecule has 1 fully saturated rings. The van der Waals surface area contributed by atoms with Gasteiger partial charge in [-0.1, -0.05) is 42.5 Å². The quantitative estimate of drug-likeness (QED) is 0.940. The van der Waals surface area contributed by atoms with Crippen molar-refractivity contribution >= 4 is 5.97 Å². The molecule has 0 aromatic heterocycles. The van der Waals surface area contributed by atoms with Crippen molar-refractivity contribution < 1.29 is 14.6 Å². The Morgan fingerprint density at radius 3 is 2.79 bits per heavy atom. The maximum absolute atomic E-state index is 11.8. The molecular formula is C20H21NO3. The van der Waals surface area contributed by atoms with E-state index >= 15 is 0 Å². The van der Waals surface area contributed by atoms with Gasteiger partial charge in [0.05, 0.1) is 12.5 Å². The van der Waals surface area contributed by atoms with E-state index in [0.717, 1.165) is 37.4 Å². The van der Waals surface area contributed by atoms with Gasteiger partial charge in [0.2, 0.25) is 0 Å². The van der Waals surface area contributed by atoms with Gasteiger partial charge in [-0.3, -0.25) is 9.69 Å². The van der Waals surface area contributed by atoms with Gasteiger partial charge in [0, 0.05) is 32.0 Å². The van der Waals surface area contributed by atoms with Crippen molar-refractivity contribution in [1.29, 1.82) is 0 Å². The van der Waals surface area contributed by atoms with E-state index in [4.69, 9.17) is 4.74 Å². The van der Waals surface area contributed by atoms with Crippen LogP contribution in [0.5, 0.6) is 5.75 Å². The Labute approximate surface area is 141 Å². The number of likely N-dealkylation sites (tertiary alicyclic amines) is 1. The number of carboxylic acid groups (broad SMARTS) is 1. The van der Waals surface area contributed by atoms with Gasteiger partial charge in [-0.15, -0.1) is 0 Å². The lowest BCUT2D eigenvalue weighted by molar-refractivity contribution is -0.141. The summed E-state index contributed by atoms with van der Waals surface area (Å²) in [6.07, 6.45) is 0.918. The molecular weight excluding hydrogens is 302 g/mol. The smallest absolute Gasteiger partial charge is 0.308 e. The van der Waals surface area contributed by atoms with Gasteiger partial charge in [-0.2, -0.15) is 0 Å². The Balaban J connectivity index is 1.56. The van der Waals surface area contributed by atoms with Crippen LogP contribution in [0.2, 0.25) is 0 Å². The molecule has 0 amide bonds. The average Bonchev–Trinajstić information content (AvgIpc) is 3.21. The zero-order valence-electron chi connectivity index (χ0n) is 13.5. The number of ether oxygens (including phenoxy) is 1. The molecule has 4 rings (SSSR count). The summed E-state index contributed by atoms with van der Waals surface area (Å²) in [6, 6.07) is 16.4. The van der Waals surface area contributed by atoms with Crippen molar-refractivity contribution in [2.75, 3.05) is 19.7 Å². The molecule has 0 bridgehead atoms. The summed E-state index contributed by atoms with van der Waals surface area (Å²) in [5, 5.41) is 9.67. The Morgan fingerprint density at radius 1 is 1.17 bits per heavy atom. The third-order valence-electron chi connectivity index (χ3n) is 5.10. The first kappa shape index (κ1) is 15.2. The molecule has 2 aromatic rings. The fourth-order valence-electron chi connectivity index (χ4n) is 3.88. The summed E-state index contributed by atoms with van der Waals surface area (Å²) in [5.41, 5.74) is 3.56. The fraction of sp³-hybridized carbons (Fsp3) is 0.350. The summed E-state index contributed by atoms with van der Waals surface area (Å²) in [6.45, 7) is 2.91. The van der Waals surface area contributed by atoms with E-state index in [0.29, 0.717) is 6.54 Å². The minimum Gasteiger partial charge on any atom is -0.493 e. The Morgan fingerprint density at radius 2 is 2.00 bits per heavy atom. The summed E-state index contributed by atoms with van der Waals surface area (Å²) in [4.78, 5) is 14.0. The molecule has 124 valence electrons. The largest absolute Gasteiger partial charge is 0.493 e. The van der Waals surface area contributed by atoms with E-state index in [1.807, 2.05) is 30.3 Å². The molecule has 2 unspecified atom stereocenters. The number of carboxylic acids is 1. The number of nitrogens with zero attached hydrogens (tertiary/aromatic N) is 1. The SMILES string of the molecule is O=C(O)C1CN(Cc2ccccc2)CC1c1ccc2c(c1)CCO2. The van der Waals surface area contributed by atoms with Crippen molar-refractivity contribution in [2.45, 2.75) is 18.9 Å². The van der Waals surface area contributed by atoms with Gasteiger partial charge in [-0.25, -0.2) is 0 Å². The number of rotatable bonds is 4. The molecule has 2 aromatic carbocycles. The zero-order valence-corrected chi connectivity index (χ0v) is 13.5. The fourth-order valence-corrected chi connectivity index (χ4v) is 3.88. The highest BCUT2D eigenvalue weighted by Crippen LogP contribution is 2.36. The number of carbonyl (C=O) groups is 1. The maximum atomic E-state index is 11.8. The first-order valence-corrected chi connectivity index (χ1v) is 8.45. The van der Waals surface area contributed by atoms with Gasteiger partial charge in [-0.05, 0) is 22.8 Å². The standard InChI is InChI=1S/C20H21NO3/c22-20(23)18-13-21(11-14-4-2-1-3-5-14)12-17(18)15-6-7-19-16(10-15)8-9-24-19/h1-7,10,17-18H,8-9,11-13H2,(H,22,23). The Kier molecular flexibility index (Phi) is 3.98. The Bertz CT molecular complexity index is 744. The van der Waals surface area contributed by atoms with Gasteiger partial charge in [0.15, 0.2) is 0 Å². The van der Waals surface area contributed by atoms with E-state index in [1.54, 1.807) is 0 Å². The number of fused-ring (bicyclic) bond motifs is 1. The Hall–Kier alpha value is -2.33. The highest BCUT2D eigenvalue weighted by Gasteiger charge is 2.38.